The zero-order valence-electron chi connectivity index (χ0n) is 8.97. The van der Waals surface area contributed by atoms with Crippen molar-refractivity contribution < 1.29 is 26.7 Å². The van der Waals surface area contributed by atoms with Crippen LogP contribution in [-0.4, -0.2) is 29.5 Å². The van der Waals surface area contributed by atoms with Crippen LogP contribution in [0.15, 0.2) is 24.4 Å². The molecule has 0 aliphatic heterocycles. The number of carbonyl (C=O) groups is 1. The van der Waals surface area contributed by atoms with Crippen LogP contribution in [-0.2, 0) is 11.2 Å². The zero-order valence-corrected chi connectivity index (χ0v) is 8.97. The van der Waals surface area contributed by atoms with Crippen LogP contribution in [0.2, 0.25) is 0 Å². The number of nitrogens with zero attached hydrogens (tertiary/aromatic N) is 1. The Labute approximate surface area is 99.0 Å². The molecule has 0 aliphatic rings. The van der Waals surface area contributed by atoms with Gasteiger partial charge in [0.1, 0.15) is 0 Å². The molecule has 0 bridgehead atoms. The minimum absolute atomic E-state index is 0.0700. The van der Waals surface area contributed by atoms with Crippen molar-refractivity contribution in [2.45, 2.75) is 18.5 Å². The number of nitrogens with one attached hydrogen (secondary N) is 1. The van der Waals surface area contributed by atoms with Gasteiger partial charge in [0, 0.05) is 24.9 Å². The van der Waals surface area contributed by atoms with Gasteiger partial charge in [0.15, 0.2) is 0 Å². The van der Waals surface area contributed by atoms with Crippen LogP contribution < -0.4 is 5.32 Å². The predicted octanol–water partition coefficient (Wildman–Crippen LogP) is 1.94. The van der Waals surface area contributed by atoms with Crippen molar-refractivity contribution in [2.24, 2.45) is 0 Å². The molecule has 0 saturated heterocycles. The first-order valence-corrected chi connectivity index (χ1v) is 4.88. The summed E-state index contributed by atoms with van der Waals surface area (Å²) in [6.07, 6.45) is -4.37. The summed E-state index contributed by atoms with van der Waals surface area (Å²) in [5.74, 6) is -7.73. The average Bonchev–Trinajstić information content (AvgIpc) is 2.28. The second-order valence-electron chi connectivity index (χ2n) is 3.40. The number of amides is 1. The second-order valence-corrected chi connectivity index (χ2v) is 3.40. The van der Waals surface area contributed by atoms with Crippen LogP contribution in [0.4, 0.5) is 22.0 Å². The third-order valence-corrected chi connectivity index (χ3v) is 2.03. The van der Waals surface area contributed by atoms with E-state index < -0.39 is 18.0 Å². The molecular formula is C10H9F5N2O. The Morgan fingerprint density at radius 3 is 2.39 bits per heavy atom. The first-order valence-electron chi connectivity index (χ1n) is 4.88. The third-order valence-electron chi connectivity index (χ3n) is 2.03. The van der Waals surface area contributed by atoms with E-state index in [-0.39, 0.29) is 13.0 Å². The van der Waals surface area contributed by atoms with Crippen molar-refractivity contribution in [2.75, 3.05) is 6.54 Å². The van der Waals surface area contributed by atoms with E-state index >= 15 is 0 Å². The highest BCUT2D eigenvalue weighted by Crippen LogP contribution is 2.35. The standard InChI is InChI=1S/C10H9F5N2O/c11-9(12,10(13,14)15)8(18)17-6-4-7-3-1-2-5-16-7/h1-3,5H,4,6H2,(H,17,18). The molecule has 0 atom stereocenters. The van der Waals surface area contributed by atoms with Crippen LogP contribution in [0.5, 0.6) is 0 Å². The summed E-state index contributed by atoms with van der Waals surface area (Å²) in [5.41, 5.74) is 0.480. The summed E-state index contributed by atoms with van der Waals surface area (Å²) in [6, 6.07) is 4.82. The lowest BCUT2D eigenvalue weighted by Gasteiger charge is -2.18. The van der Waals surface area contributed by atoms with Crippen LogP contribution in [0, 0.1) is 0 Å². The van der Waals surface area contributed by atoms with Crippen LogP contribution in [0.1, 0.15) is 5.69 Å². The third kappa shape index (κ3) is 3.38. The minimum Gasteiger partial charge on any atom is -0.350 e. The first-order chi connectivity index (χ1) is 8.25. The molecule has 1 rings (SSSR count). The van der Waals surface area contributed by atoms with Gasteiger partial charge in [0.2, 0.25) is 0 Å². The average molecular weight is 268 g/mol. The molecular weight excluding hydrogens is 259 g/mol. The van der Waals surface area contributed by atoms with E-state index in [0.717, 1.165) is 0 Å². The molecule has 0 aliphatic carbocycles. The molecule has 0 aromatic carbocycles. The normalized spacial score (nSPS) is 12.3. The first kappa shape index (κ1) is 14.3. The number of rotatable bonds is 4. The van der Waals surface area contributed by atoms with E-state index in [1.165, 1.54) is 11.5 Å². The maximum Gasteiger partial charge on any atom is 0.463 e. The number of alkyl halides is 5. The maximum absolute atomic E-state index is 12.5. The number of hydrogen-bond acceptors (Lipinski definition) is 2. The molecule has 0 radical (unpaired) electrons. The van der Waals surface area contributed by atoms with Gasteiger partial charge < -0.3 is 5.32 Å². The lowest BCUT2D eigenvalue weighted by Crippen LogP contribution is -2.50. The van der Waals surface area contributed by atoms with Crippen molar-refractivity contribution in [3.8, 4) is 0 Å². The quantitative estimate of drug-likeness (QED) is 0.848. The molecule has 8 heteroatoms. The Balaban J connectivity index is 2.48. The van der Waals surface area contributed by atoms with Gasteiger partial charge in [-0.05, 0) is 12.1 Å². The Hall–Kier alpha value is -1.73. The summed E-state index contributed by atoms with van der Waals surface area (Å²) in [7, 11) is 0. The van der Waals surface area contributed by atoms with Crippen LogP contribution >= 0.6 is 0 Å². The number of halogens is 5. The fourth-order valence-corrected chi connectivity index (χ4v) is 1.09. The Morgan fingerprint density at radius 1 is 1.22 bits per heavy atom. The maximum atomic E-state index is 12.5. The smallest absolute Gasteiger partial charge is 0.350 e. The SMILES string of the molecule is O=C(NCCc1ccccn1)C(F)(F)C(F)(F)F. The number of carbonyl (C=O) groups excluding carboxylic acids is 1. The Morgan fingerprint density at radius 2 is 1.89 bits per heavy atom. The topological polar surface area (TPSA) is 42.0 Å². The monoisotopic (exact) mass is 268 g/mol. The van der Waals surface area contributed by atoms with Gasteiger partial charge in [-0.15, -0.1) is 0 Å². The van der Waals surface area contributed by atoms with Gasteiger partial charge >= 0.3 is 12.1 Å². The van der Waals surface area contributed by atoms with Crippen molar-refractivity contribution >= 4 is 5.91 Å². The van der Waals surface area contributed by atoms with Gasteiger partial charge in [-0.2, -0.15) is 22.0 Å². The number of pyridine rings is 1. The predicted molar refractivity (Wildman–Crippen MR) is 52.0 cm³/mol. The summed E-state index contributed by atoms with van der Waals surface area (Å²) in [4.78, 5) is 14.5. The second kappa shape index (κ2) is 5.28. The fraction of sp³-hybridized carbons (Fsp3) is 0.400. The van der Waals surface area contributed by atoms with Crippen molar-refractivity contribution in [1.82, 2.24) is 10.3 Å². The molecule has 1 heterocycles. The van der Waals surface area contributed by atoms with Crippen molar-refractivity contribution in [1.29, 1.82) is 0 Å². The van der Waals surface area contributed by atoms with Crippen molar-refractivity contribution in [3.05, 3.63) is 30.1 Å². The summed E-state index contributed by atoms with van der Waals surface area (Å²) < 4.78 is 60.4. The van der Waals surface area contributed by atoms with Gasteiger partial charge in [-0.25, -0.2) is 0 Å². The number of hydrogen-bond donors (Lipinski definition) is 1. The van der Waals surface area contributed by atoms with Gasteiger partial charge in [0.05, 0.1) is 0 Å². The van der Waals surface area contributed by atoms with E-state index in [0.29, 0.717) is 5.69 Å². The van der Waals surface area contributed by atoms with E-state index in [1.807, 2.05) is 0 Å². The van der Waals surface area contributed by atoms with Crippen molar-refractivity contribution in [3.63, 3.8) is 0 Å². The van der Waals surface area contributed by atoms with Gasteiger partial charge in [0.25, 0.3) is 5.91 Å². The molecule has 1 aromatic rings. The Bertz CT molecular complexity index is 404. The molecule has 0 fully saturated rings. The molecule has 100 valence electrons. The largest absolute Gasteiger partial charge is 0.463 e. The molecule has 1 N–H and O–H groups in total. The summed E-state index contributed by atoms with van der Waals surface area (Å²) in [6.45, 7) is -0.346. The fourth-order valence-electron chi connectivity index (χ4n) is 1.09. The summed E-state index contributed by atoms with van der Waals surface area (Å²) in [5, 5.41) is 1.53. The molecule has 0 spiro atoms. The van der Waals surface area contributed by atoms with E-state index in [1.54, 1.807) is 18.2 Å². The minimum atomic E-state index is -5.89. The Kier molecular flexibility index (Phi) is 4.20. The van der Waals surface area contributed by atoms with Crippen LogP contribution in [0.25, 0.3) is 0 Å². The lowest BCUT2D eigenvalue weighted by molar-refractivity contribution is -0.269. The van der Waals surface area contributed by atoms with E-state index in [9.17, 15) is 26.7 Å². The molecule has 0 saturated carbocycles. The lowest BCUT2D eigenvalue weighted by atomic mass is 10.2. The zero-order chi connectivity index (χ0) is 13.8. The highest BCUT2D eigenvalue weighted by molar-refractivity contribution is 5.84. The highest BCUT2D eigenvalue weighted by atomic mass is 19.4. The van der Waals surface area contributed by atoms with Gasteiger partial charge in [-0.1, -0.05) is 6.07 Å². The molecule has 1 amide bonds. The molecule has 1 aromatic heterocycles. The van der Waals surface area contributed by atoms with Crippen LogP contribution in [0.3, 0.4) is 0 Å². The number of aromatic nitrogens is 1. The molecule has 18 heavy (non-hydrogen) atoms. The van der Waals surface area contributed by atoms with Gasteiger partial charge in [-0.3, -0.25) is 9.78 Å². The molecule has 0 unspecified atom stereocenters. The molecule has 3 nitrogen and oxygen atoms in total. The summed E-state index contributed by atoms with van der Waals surface area (Å²) >= 11 is 0. The highest BCUT2D eigenvalue weighted by Gasteiger charge is 2.63. The van der Waals surface area contributed by atoms with E-state index in [2.05, 4.69) is 4.98 Å². The van der Waals surface area contributed by atoms with E-state index in [4.69, 9.17) is 0 Å².